The molecule has 0 spiro atoms. The molecule has 1 aromatic heterocycles. The summed E-state index contributed by atoms with van der Waals surface area (Å²) in [6.07, 6.45) is 5.93. The van der Waals surface area contributed by atoms with Crippen LogP contribution in [-0.2, 0) is 9.53 Å². The Bertz CT molecular complexity index is 1010. The van der Waals surface area contributed by atoms with Gasteiger partial charge in [-0.15, -0.1) is 0 Å². The molecule has 3 rings (SSSR count). The normalized spacial score (nSPS) is 15.5. The molecule has 1 saturated heterocycles. The molecule has 32 heavy (non-hydrogen) atoms. The van der Waals surface area contributed by atoms with Crippen LogP contribution in [0.1, 0.15) is 30.1 Å². The summed E-state index contributed by atoms with van der Waals surface area (Å²) in [4.78, 5) is 19.3. The van der Waals surface area contributed by atoms with Crippen molar-refractivity contribution in [2.24, 2.45) is 11.7 Å². The highest BCUT2D eigenvalue weighted by Gasteiger charge is 2.19. The molecule has 0 bridgehead atoms. The molecule has 0 saturated carbocycles. The molecule has 1 fully saturated rings. The predicted molar refractivity (Wildman–Crippen MR) is 120 cm³/mol. The topological polar surface area (TPSA) is 123 Å². The second-order valence-electron chi connectivity index (χ2n) is 7.26. The number of hydrogen-bond donors (Lipinski definition) is 3. The first-order valence-electron chi connectivity index (χ1n) is 10.3. The molecule has 4 N–H and O–H groups in total. The third kappa shape index (κ3) is 5.85. The van der Waals surface area contributed by atoms with E-state index < -0.39 is 6.17 Å². The van der Waals surface area contributed by atoms with Crippen LogP contribution >= 0.6 is 0 Å². The number of rotatable bonds is 9. The molecule has 0 amide bonds. The first-order valence-corrected chi connectivity index (χ1v) is 10.3. The van der Waals surface area contributed by atoms with Crippen LogP contribution in [0.5, 0.6) is 5.75 Å². The summed E-state index contributed by atoms with van der Waals surface area (Å²) >= 11 is 0. The van der Waals surface area contributed by atoms with Gasteiger partial charge in [0.15, 0.2) is 11.7 Å². The monoisotopic (exact) mass is 439 g/mol. The van der Waals surface area contributed by atoms with Gasteiger partial charge >= 0.3 is 0 Å². The molecule has 9 heteroatoms. The second kappa shape index (κ2) is 11.3. The number of nitrogens with two attached hydrogens (primary N) is 1. The Balaban J connectivity index is 1.92. The van der Waals surface area contributed by atoms with Crippen LogP contribution in [-0.4, -0.2) is 48.4 Å². The molecular weight excluding hydrogens is 413 g/mol. The van der Waals surface area contributed by atoms with Crippen molar-refractivity contribution in [3.8, 4) is 17.1 Å². The summed E-state index contributed by atoms with van der Waals surface area (Å²) in [6.45, 7) is 1.12. The van der Waals surface area contributed by atoms with Crippen molar-refractivity contribution in [1.82, 2.24) is 15.3 Å². The molecule has 168 valence electrons. The number of allylic oxidation sites excluding steroid dienone is 1. The standard InChI is InChI=1S/C23H26FN5O3/c1-27-22(11-20(26)16-5-8-31-9-6-16)32-21-10-15(4-7-30)2-3-18(21)23-28-13-17(14-29-23)19(24)12-25/h2-4,10-11,13-14,16,19,26-27H,5-6,8-9,12,25H2,1H3/b22-11+,26-20?. The smallest absolute Gasteiger partial charge is 0.195 e. The maximum absolute atomic E-state index is 13.8. The van der Waals surface area contributed by atoms with E-state index in [0.717, 1.165) is 12.8 Å². The number of benzene rings is 1. The fourth-order valence-electron chi connectivity index (χ4n) is 3.28. The Labute approximate surface area is 185 Å². The van der Waals surface area contributed by atoms with E-state index in [9.17, 15) is 9.18 Å². The summed E-state index contributed by atoms with van der Waals surface area (Å²) in [5.41, 5.74) is 7.22. The zero-order valence-corrected chi connectivity index (χ0v) is 17.8. The van der Waals surface area contributed by atoms with E-state index in [1.54, 1.807) is 37.3 Å². The van der Waals surface area contributed by atoms with E-state index in [1.807, 2.05) is 0 Å². The van der Waals surface area contributed by atoms with E-state index >= 15 is 0 Å². The minimum Gasteiger partial charge on any atom is -0.441 e. The van der Waals surface area contributed by atoms with Gasteiger partial charge in [0.25, 0.3) is 0 Å². The number of alkyl halides is 1. The molecular formula is C23H26FN5O3. The number of hydrogen-bond acceptors (Lipinski definition) is 8. The van der Waals surface area contributed by atoms with Gasteiger partial charge in [-0.2, -0.15) is 0 Å². The van der Waals surface area contributed by atoms with Gasteiger partial charge in [-0.1, -0.05) is 6.07 Å². The average Bonchev–Trinajstić information content (AvgIpc) is 2.84. The van der Waals surface area contributed by atoms with E-state index in [0.29, 0.717) is 53.1 Å². The van der Waals surface area contributed by atoms with Crippen LogP contribution < -0.4 is 15.8 Å². The highest BCUT2D eigenvalue weighted by molar-refractivity contribution is 5.94. The van der Waals surface area contributed by atoms with Gasteiger partial charge in [-0.05, 0) is 30.5 Å². The number of nitrogens with zero attached hydrogens (tertiary/aromatic N) is 2. The molecule has 2 heterocycles. The summed E-state index contributed by atoms with van der Waals surface area (Å²) < 4.78 is 25.2. The van der Waals surface area contributed by atoms with Gasteiger partial charge in [0.1, 0.15) is 17.9 Å². The van der Waals surface area contributed by atoms with E-state index in [-0.39, 0.29) is 12.5 Å². The van der Waals surface area contributed by atoms with Crippen LogP contribution in [0.2, 0.25) is 0 Å². The number of aromatic nitrogens is 2. The second-order valence-corrected chi connectivity index (χ2v) is 7.26. The summed E-state index contributed by atoms with van der Waals surface area (Å²) in [7, 11) is 1.69. The van der Waals surface area contributed by atoms with Gasteiger partial charge in [-0.3, -0.25) is 0 Å². The maximum atomic E-state index is 13.8. The lowest BCUT2D eigenvalue weighted by Gasteiger charge is -2.22. The van der Waals surface area contributed by atoms with Crippen molar-refractivity contribution in [2.75, 3.05) is 26.8 Å². The fourth-order valence-corrected chi connectivity index (χ4v) is 3.28. The SMILES string of the molecule is CN/C(=C\C(=N)C1CCOCC1)Oc1cc(C=C=O)ccc1-c1ncc(C(F)CN)cn1. The Hall–Kier alpha value is -3.39. The van der Waals surface area contributed by atoms with E-state index in [2.05, 4.69) is 15.3 Å². The zero-order chi connectivity index (χ0) is 22.9. The van der Waals surface area contributed by atoms with E-state index in [1.165, 1.54) is 18.5 Å². The van der Waals surface area contributed by atoms with Crippen LogP contribution in [0.3, 0.4) is 0 Å². The number of halogens is 1. The minimum atomic E-state index is -1.34. The van der Waals surface area contributed by atoms with Crippen LogP contribution in [0, 0.1) is 11.3 Å². The number of ether oxygens (including phenoxy) is 2. The van der Waals surface area contributed by atoms with Crippen molar-refractivity contribution in [3.63, 3.8) is 0 Å². The van der Waals surface area contributed by atoms with Crippen molar-refractivity contribution in [3.05, 3.63) is 53.7 Å². The Morgan fingerprint density at radius 2 is 2.12 bits per heavy atom. The third-order valence-electron chi connectivity index (χ3n) is 5.13. The highest BCUT2D eigenvalue weighted by atomic mass is 19.1. The Kier molecular flexibility index (Phi) is 8.21. The van der Waals surface area contributed by atoms with Gasteiger partial charge in [0.2, 0.25) is 0 Å². The molecule has 1 aliphatic rings. The van der Waals surface area contributed by atoms with Crippen molar-refractivity contribution < 1.29 is 18.7 Å². The quantitative estimate of drug-likeness (QED) is 0.312. The highest BCUT2D eigenvalue weighted by Crippen LogP contribution is 2.31. The van der Waals surface area contributed by atoms with Gasteiger partial charge in [-0.25, -0.2) is 19.2 Å². The maximum Gasteiger partial charge on any atom is 0.195 e. The summed E-state index contributed by atoms with van der Waals surface area (Å²) in [5, 5.41) is 11.4. The molecule has 1 aromatic carbocycles. The molecule has 2 aromatic rings. The first kappa shape index (κ1) is 23.3. The van der Waals surface area contributed by atoms with Crippen molar-refractivity contribution in [1.29, 1.82) is 5.41 Å². The lowest BCUT2D eigenvalue weighted by Crippen LogP contribution is -2.23. The van der Waals surface area contributed by atoms with E-state index in [4.69, 9.17) is 20.6 Å². The molecule has 0 radical (unpaired) electrons. The minimum absolute atomic E-state index is 0.103. The molecule has 1 unspecified atom stereocenters. The fraction of sp³-hybridized carbons (Fsp3) is 0.348. The number of nitrogens with one attached hydrogen (secondary N) is 2. The predicted octanol–water partition coefficient (Wildman–Crippen LogP) is 2.84. The van der Waals surface area contributed by atoms with Gasteiger partial charge < -0.3 is 25.9 Å². The van der Waals surface area contributed by atoms with Gasteiger partial charge in [0.05, 0.1) is 5.56 Å². The molecule has 8 nitrogen and oxygen atoms in total. The van der Waals surface area contributed by atoms with Crippen molar-refractivity contribution in [2.45, 2.75) is 19.0 Å². The average molecular weight is 439 g/mol. The molecule has 1 atom stereocenters. The summed E-state index contributed by atoms with van der Waals surface area (Å²) in [5.74, 6) is 2.91. The van der Waals surface area contributed by atoms with Crippen LogP contribution in [0.15, 0.2) is 42.6 Å². The molecule has 1 aliphatic heterocycles. The first-order chi connectivity index (χ1) is 15.5. The lowest BCUT2D eigenvalue weighted by molar-refractivity contribution is 0.0828. The summed E-state index contributed by atoms with van der Waals surface area (Å²) in [6, 6.07) is 5.06. The Morgan fingerprint density at radius 1 is 1.41 bits per heavy atom. The third-order valence-corrected chi connectivity index (χ3v) is 5.13. The zero-order valence-electron chi connectivity index (χ0n) is 17.8. The van der Waals surface area contributed by atoms with Crippen LogP contribution in [0.25, 0.3) is 17.5 Å². The van der Waals surface area contributed by atoms with Crippen molar-refractivity contribution >= 4 is 17.7 Å². The number of carbonyl (C=O) groups excluding carboxylic acids is 1. The lowest BCUT2D eigenvalue weighted by atomic mass is 9.94. The largest absolute Gasteiger partial charge is 0.441 e. The van der Waals surface area contributed by atoms with Gasteiger partial charge in [0, 0.05) is 68.5 Å². The molecule has 0 aliphatic carbocycles. The van der Waals surface area contributed by atoms with Crippen LogP contribution in [0.4, 0.5) is 4.39 Å². The Morgan fingerprint density at radius 3 is 2.75 bits per heavy atom.